The van der Waals surface area contributed by atoms with Crippen LogP contribution in [0.3, 0.4) is 0 Å². The molecule has 0 spiro atoms. The van der Waals surface area contributed by atoms with E-state index in [0.29, 0.717) is 0 Å². The molecule has 2 aromatic carbocycles. The smallest absolute Gasteiger partial charge is 0.416 e. The molecule has 0 radical (unpaired) electrons. The largest absolute Gasteiger partial charge is 0.493 e. The van der Waals surface area contributed by atoms with Crippen molar-refractivity contribution in [2.45, 2.75) is 13.1 Å². The number of halogens is 3. The predicted octanol–water partition coefficient (Wildman–Crippen LogP) is 3.76. The van der Waals surface area contributed by atoms with Gasteiger partial charge >= 0.3 is 6.18 Å². The second-order valence-corrected chi connectivity index (χ2v) is 8.09. The van der Waals surface area contributed by atoms with Gasteiger partial charge < -0.3 is 14.8 Å². The number of anilines is 2. The van der Waals surface area contributed by atoms with Crippen LogP contribution in [0.2, 0.25) is 0 Å². The summed E-state index contributed by atoms with van der Waals surface area (Å²) in [7, 11) is -1.02. The van der Waals surface area contributed by atoms with Gasteiger partial charge in [-0.2, -0.15) is 13.2 Å². The molecule has 11 heteroatoms. The van der Waals surface area contributed by atoms with Crippen LogP contribution in [-0.4, -0.2) is 41.3 Å². The van der Waals surface area contributed by atoms with Crippen molar-refractivity contribution < 1.29 is 35.9 Å². The third-order valence-electron chi connectivity index (χ3n) is 4.17. The molecule has 7 nitrogen and oxygen atoms in total. The number of methoxy groups -OCH3 is 2. The Balaban J connectivity index is 2.51. The molecule has 0 atom stereocenters. The number of nitrogens with zero attached hydrogens (tertiary/aromatic N) is 1. The van der Waals surface area contributed by atoms with Crippen molar-refractivity contribution in [3.63, 3.8) is 0 Å². The van der Waals surface area contributed by atoms with Crippen LogP contribution in [0.25, 0.3) is 0 Å². The molecule has 0 fully saturated rings. The summed E-state index contributed by atoms with van der Waals surface area (Å²) in [6.45, 7) is 1.63. The highest BCUT2D eigenvalue weighted by atomic mass is 32.2. The third kappa shape index (κ3) is 5.15. The summed E-state index contributed by atoms with van der Waals surface area (Å²) in [5, 5.41) is 2.47. The molecule has 2 aromatic rings. The van der Waals surface area contributed by atoms with Gasteiger partial charge in [0.05, 0.1) is 37.3 Å². The van der Waals surface area contributed by atoms with Crippen molar-refractivity contribution >= 4 is 27.3 Å². The SMILES string of the molecule is CCN(c1cc(OC)c(OC)cc1C(=O)Nc1ccc(C(F)(F)F)cc1)S(C)(=O)=O. The summed E-state index contributed by atoms with van der Waals surface area (Å²) in [4.78, 5) is 12.9. The van der Waals surface area contributed by atoms with Crippen LogP contribution in [0.4, 0.5) is 24.5 Å². The lowest BCUT2D eigenvalue weighted by atomic mass is 10.1. The zero-order valence-electron chi connectivity index (χ0n) is 16.7. The Labute approximate surface area is 172 Å². The molecule has 1 N–H and O–H groups in total. The highest BCUT2D eigenvalue weighted by molar-refractivity contribution is 7.92. The molecule has 0 bridgehead atoms. The van der Waals surface area contributed by atoms with Crippen LogP contribution in [-0.2, 0) is 16.2 Å². The van der Waals surface area contributed by atoms with Crippen LogP contribution in [0.1, 0.15) is 22.8 Å². The maximum atomic E-state index is 12.9. The first-order chi connectivity index (χ1) is 13.9. The molecule has 164 valence electrons. The summed E-state index contributed by atoms with van der Waals surface area (Å²) in [6, 6.07) is 6.54. The maximum absolute atomic E-state index is 12.9. The highest BCUT2D eigenvalue weighted by Gasteiger charge is 2.30. The first kappa shape index (κ1) is 23.3. The van der Waals surface area contributed by atoms with Crippen LogP contribution >= 0.6 is 0 Å². The molecule has 30 heavy (non-hydrogen) atoms. The monoisotopic (exact) mass is 446 g/mol. The van der Waals surface area contributed by atoms with E-state index >= 15 is 0 Å². The van der Waals surface area contributed by atoms with Gasteiger partial charge in [0.2, 0.25) is 10.0 Å². The van der Waals surface area contributed by atoms with Crippen LogP contribution < -0.4 is 19.1 Å². The molecule has 0 aliphatic rings. The van der Waals surface area contributed by atoms with Crippen molar-refractivity contribution in [2.24, 2.45) is 0 Å². The minimum atomic E-state index is -4.50. The Kier molecular flexibility index (Phi) is 6.86. The Morgan fingerprint density at radius 3 is 2.03 bits per heavy atom. The predicted molar refractivity (Wildman–Crippen MR) is 107 cm³/mol. The topological polar surface area (TPSA) is 84.9 Å². The number of ether oxygens (including phenoxy) is 2. The molecule has 2 rings (SSSR count). The van der Waals surface area contributed by atoms with E-state index in [2.05, 4.69) is 5.32 Å². The fourth-order valence-electron chi connectivity index (χ4n) is 2.78. The highest BCUT2D eigenvalue weighted by Crippen LogP contribution is 2.36. The van der Waals surface area contributed by atoms with Gasteiger partial charge in [0.1, 0.15) is 0 Å². The Morgan fingerprint density at radius 1 is 1.07 bits per heavy atom. The van der Waals surface area contributed by atoms with Crippen molar-refractivity contribution in [3.05, 3.63) is 47.5 Å². The standard InChI is InChI=1S/C19H21F3N2O5S/c1-5-24(30(4,26)27)15-11-17(29-3)16(28-2)10-14(15)18(25)23-13-8-6-12(7-9-13)19(20,21)22/h6-11H,5H2,1-4H3,(H,23,25). The van der Waals surface area contributed by atoms with Crippen LogP contribution in [0.5, 0.6) is 11.5 Å². The molecule has 0 aliphatic heterocycles. The minimum Gasteiger partial charge on any atom is -0.493 e. The average molecular weight is 446 g/mol. The number of hydrogen-bond donors (Lipinski definition) is 1. The molecular formula is C19H21F3N2O5S. The number of sulfonamides is 1. The van der Waals surface area contributed by atoms with E-state index in [4.69, 9.17) is 9.47 Å². The van der Waals surface area contributed by atoms with E-state index in [-0.39, 0.29) is 35.0 Å². The molecule has 0 saturated carbocycles. The Hall–Kier alpha value is -2.95. The van der Waals surface area contributed by atoms with Gasteiger partial charge in [-0.3, -0.25) is 9.10 Å². The van der Waals surface area contributed by atoms with Gasteiger partial charge in [0.25, 0.3) is 5.91 Å². The van der Waals surface area contributed by atoms with Crippen molar-refractivity contribution in [1.82, 2.24) is 0 Å². The van der Waals surface area contributed by atoms with Crippen LogP contribution in [0.15, 0.2) is 36.4 Å². The third-order valence-corrected chi connectivity index (χ3v) is 5.43. The van der Waals surface area contributed by atoms with Gasteiger partial charge in [-0.1, -0.05) is 0 Å². The summed E-state index contributed by atoms with van der Waals surface area (Å²) < 4.78 is 73.9. The van der Waals surface area contributed by atoms with E-state index in [9.17, 15) is 26.4 Å². The van der Waals surface area contributed by atoms with E-state index in [1.165, 1.54) is 26.4 Å². The van der Waals surface area contributed by atoms with E-state index in [0.717, 1.165) is 34.8 Å². The number of benzene rings is 2. The summed E-state index contributed by atoms with van der Waals surface area (Å²) >= 11 is 0. The first-order valence-electron chi connectivity index (χ1n) is 8.64. The van der Waals surface area contributed by atoms with Gasteiger partial charge in [-0.25, -0.2) is 8.42 Å². The number of carbonyl (C=O) groups excluding carboxylic acids is 1. The van der Waals surface area contributed by atoms with Crippen LogP contribution in [0, 0.1) is 0 Å². The van der Waals surface area contributed by atoms with Crippen molar-refractivity contribution in [1.29, 1.82) is 0 Å². The molecule has 0 saturated heterocycles. The van der Waals surface area contributed by atoms with E-state index < -0.39 is 27.7 Å². The van der Waals surface area contributed by atoms with E-state index in [1.54, 1.807) is 6.92 Å². The molecule has 0 unspecified atom stereocenters. The van der Waals surface area contributed by atoms with Gasteiger partial charge in [-0.15, -0.1) is 0 Å². The lowest BCUT2D eigenvalue weighted by Crippen LogP contribution is -2.31. The molecular weight excluding hydrogens is 425 g/mol. The lowest BCUT2D eigenvalue weighted by Gasteiger charge is -2.24. The lowest BCUT2D eigenvalue weighted by molar-refractivity contribution is -0.137. The zero-order chi connectivity index (χ0) is 22.7. The Morgan fingerprint density at radius 2 is 1.60 bits per heavy atom. The molecule has 1 amide bonds. The summed E-state index contributed by atoms with van der Waals surface area (Å²) in [6.07, 6.45) is -3.51. The Bertz CT molecular complexity index is 1020. The fourth-order valence-corrected chi connectivity index (χ4v) is 3.76. The maximum Gasteiger partial charge on any atom is 0.416 e. The molecule has 0 aromatic heterocycles. The fraction of sp³-hybridized carbons (Fsp3) is 0.316. The second-order valence-electron chi connectivity index (χ2n) is 6.18. The number of alkyl halides is 3. The molecule has 0 heterocycles. The number of amides is 1. The van der Waals surface area contributed by atoms with Gasteiger partial charge in [-0.05, 0) is 37.3 Å². The summed E-state index contributed by atoms with van der Waals surface area (Å²) in [5.74, 6) is -0.336. The normalized spacial score (nSPS) is 11.7. The zero-order valence-corrected chi connectivity index (χ0v) is 17.5. The quantitative estimate of drug-likeness (QED) is 0.700. The number of nitrogens with one attached hydrogen (secondary N) is 1. The first-order valence-corrected chi connectivity index (χ1v) is 10.5. The number of rotatable bonds is 7. The average Bonchev–Trinajstić information content (AvgIpc) is 2.66. The molecule has 0 aliphatic carbocycles. The van der Waals surface area contributed by atoms with Gasteiger partial charge in [0.15, 0.2) is 11.5 Å². The van der Waals surface area contributed by atoms with Crippen molar-refractivity contribution in [2.75, 3.05) is 36.6 Å². The number of hydrogen-bond acceptors (Lipinski definition) is 5. The number of carbonyl (C=O) groups is 1. The second kappa shape index (κ2) is 8.82. The van der Waals surface area contributed by atoms with Gasteiger partial charge in [0, 0.05) is 18.3 Å². The van der Waals surface area contributed by atoms with Crippen molar-refractivity contribution in [3.8, 4) is 11.5 Å². The van der Waals surface area contributed by atoms with E-state index in [1.807, 2.05) is 0 Å². The minimum absolute atomic E-state index is 0.0366. The summed E-state index contributed by atoms with van der Waals surface area (Å²) in [5.41, 5.74) is -0.764.